The first-order valence-corrected chi connectivity index (χ1v) is 17.2. The van der Waals surface area contributed by atoms with Crippen LogP contribution in [0.4, 0.5) is 0 Å². The second-order valence-electron chi connectivity index (χ2n) is 11.5. The number of rotatable bonds is 25. The molecule has 0 aliphatic carbocycles. The Morgan fingerprint density at radius 2 is 1.18 bits per heavy atom. The number of quaternary nitrogens is 1. The maximum atomic E-state index is 13.5. The van der Waals surface area contributed by atoms with Crippen LogP contribution in [0.15, 0.2) is 0 Å². The van der Waals surface area contributed by atoms with E-state index in [1.165, 1.54) is 13.8 Å². The van der Waals surface area contributed by atoms with Crippen molar-refractivity contribution in [2.45, 2.75) is 89.0 Å². The number of unbranched alkanes of at least 4 members (excludes halogenated alkanes) is 1. The molecule has 4 amide bonds. The number of carbonyl (C=O) groups excluding carboxylic acids is 4. The Bertz CT molecular complexity index is 1190. The van der Waals surface area contributed by atoms with Gasteiger partial charge in [-0.05, 0) is 50.9 Å². The fraction of sp³-hybridized carbons (Fsp3) is 0.731. The molecule has 23 heteroatoms. The zero-order valence-electron chi connectivity index (χ0n) is 28.0. The van der Waals surface area contributed by atoms with Gasteiger partial charge in [0, 0.05) is 0 Å². The third kappa shape index (κ3) is 20.8. The highest BCUT2D eigenvalue weighted by Crippen LogP contribution is 2.35. The number of guanidine groups is 2. The summed E-state index contributed by atoms with van der Waals surface area (Å²) >= 11 is 0. The molecule has 0 aromatic carbocycles. The highest BCUT2D eigenvalue weighted by molar-refractivity contribution is 7.46. The Hall–Kier alpha value is -4.08. The van der Waals surface area contributed by atoms with Gasteiger partial charge >= 0.3 is 25.7 Å². The van der Waals surface area contributed by atoms with Gasteiger partial charge in [-0.3, -0.25) is 56.6 Å². The highest BCUT2D eigenvalue weighted by Gasteiger charge is 2.33. The number of hydrogen-bond acceptors (Lipinski definition) is 8. The van der Waals surface area contributed by atoms with Crippen molar-refractivity contribution in [1.82, 2.24) is 21.3 Å². The summed E-state index contributed by atoms with van der Waals surface area (Å²) in [7, 11) is -5.12. The SMILES string of the molecule is CC(C)[C@H](NC(=O)[C@H](COP(=O)(O)O)NC(=O)[C@H](CCCC[NH3+])NC(=O)[C@H](CCC[NH+]=C(N)N)NC(=O)[C@@H](N)CCC[NH+]=C(N)N)C(=O)O. The summed E-state index contributed by atoms with van der Waals surface area (Å²) < 4.78 is 15.8. The van der Waals surface area contributed by atoms with Gasteiger partial charge in [0.15, 0.2) is 0 Å². The lowest BCUT2D eigenvalue weighted by molar-refractivity contribution is -0.460. The maximum absolute atomic E-state index is 13.5. The monoisotopic (exact) mass is 727 g/mol. The van der Waals surface area contributed by atoms with E-state index < -0.39 is 80.2 Å². The molecule has 49 heavy (non-hydrogen) atoms. The number of hydrogen-bond donors (Lipinski definition) is 15. The summed E-state index contributed by atoms with van der Waals surface area (Å²) in [6.07, 6.45) is 1.99. The molecule has 0 rings (SSSR count). The number of aliphatic carboxylic acids is 1. The van der Waals surface area contributed by atoms with Crippen LogP contribution in [-0.2, 0) is 33.1 Å². The van der Waals surface area contributed by atoms with Crippen molar-refractivity contribution in [3.8, 4) is 0 Å². The summed E-state index contributed by atoms with van der Waals surface area (Å²) in [4.78, 5) is 88.4. The minimum atomic E-state index is -5.12. The number of carboxylic acid groups (broad SMARTS) is 1. The second-order valence-corrected chi connectivity index (χ2v) is 12.8. The lowest BCUT2D eigenvalue weighted by atomic mass is 10.0. The minimum Gasteiger partial charge on any atom is -0.480 e. The van der Waals surface area contributed by atoms with Crippen LogP contribution in [-0.4, -0.2) is 113 Å². The molecule has 0 saturated heterocycles. The van der Waals surface area contributed by atoms with E-state index in [-0.39, 0.29) is 37.7 Å². The summed E-state index contributed by atoms with van der Waals surface area (Å²) in [6, 6.07) is -6.68. The summed E-state index contributed by atoms with van der Waals surface area (Å²) in [5.74, 6) is -5.49. The topological polar surface area (TPSA) is 406 Å². The van der Waals surface area contributed by atoms with Gasteiger partial charge in [-0.2, -0.15) is 0 Å². The predicted molar refractivity (Wildman–Crippen MR) is 175 cm³/mol. The third-order valence-electron chi connectivity index (χ3n) is 6.89. The number of nitrogens with one attached hydrogen (secondary N) is 6. The number of nitrogens with two attached hydrogens (primary N) is 5. The number of carbonyl (C=O) groups is 5. The van der Waals surface area contributed by atoms with Crippen molar-refractivity contribution >= 4 is 49.3 Å². The first-order valence-electron chi connectivity index (χ1n) is 15.7. The van der Waals surface area contributed by atoms with Crippen LogP contribution in [0.5, 0.6) is 0 Å². The molecule has 0 spiro atoms. The molecule has 0 heterocycles. The fourth-order valence-corrected chi connectivity index (χ4v) is 4.58. The molecule has 0 radical (unpaired) electrons. The standard InChI is InChI=1S/C26H53N12O10P/c1-14(2)19(24(43)44)38-23(42)18(13-48-49(45,46)47)37-22(41)16(8-3-4-10-27)36-21(40)17(9-6-12-34-26(31)32)35-20(39)15(28)7-5-11-33-25(29)30/h14-19H,3-13,27-28H2,1-2H3,(H,35,39)(H,36,40)(H,37,41)(H,38,42)(H,43,44)(H4,29,30,33)(H4,31,32,34)(H2,45,46,47)/p+3/t15-,16-,17-,18-,19-/m0/s1. The van der Waals surface area contributed by atoms with Crippen molar-refractivity contribution < 1.29 is 63.7 Å². The molecule has 5 atom stereocenters. The molecule has 0 bridgehead atoms. The molecule has 0 fully saturated rings. The zero-order chi connectivity index (χ0) is 37.7. The summed E-state index contributed by atoms with van der Waals surface area (Å²) in [6.45, 7) is 3.11. The quantitative estimate of drug-likeness (QED) is 0.0180. The van der Waals surface area contributed by atoms with Gasteiger partial charge in [-0.1, -0.05) is 13.8 Å². The molecule has 0 unspecified atom stereocenters. The number of phosphoric ester groups is 1. The molecule has 0 aromatic rings. The van der Waals surface area contributed by atoms with Gasteiger partial charge < -0.3 is 47.6 Å². The summed E-state index contributed by atoms with van der Waals surface area (Å²) in [5.41, 5.74) is 31.3. The van der Waals surface area contributed by atoms with E-state index in [2.05, 4.69) is 41.5 Å². The van der Waals surface area contributed by atoms with E-state index >= 15 is 0 Å². The Morgan fingerprint density at radius 1 is 0.735 bits per heavy atom. The largest absolute Gasteiger partial charge is 0.480 e. The molecular formula is C26H56N12O10P+3. The van der Waals surface area contributed by atoms with E-state index in [4.69, 9.17) is 28.7 Å². The van der Waals surface area contributed by atoms with Gasteiger partial charge in [0.25, 0.3) is 0 Å². The van der Waals surface area contributed by atoms with Crippen LogP contribution in [0.2, 0.25) is 0 Å². The normalized spacial score (nSPS) is 14.3. The first kappa shape index (κ1) is 44.9. The van der Waals surface area contributed by atoms with Crippen LogP contribution < -0.4 is 65.7 Å². The number of amides is 4. The Balaban J connectivity index is 6.12. The van der Waals surface area contributed by atoms with Crippen molar-refractivity contribution in [3.63, 3.8) is 0 Å². The van der Waals surface area contributed by atoms with Crippen LogP contribution in [0.3, 0.4) is 0 Å². The van der Waals surface area contributed by atoms with E-state index in [1.54, 1.807) is 0 Å². The Labute approximate surface area is 284 Å². The van der Waals surface area contributed by atoms with Gasteiger partial charge in [0.2, 0.25) is 23.6 Å². The van der Waals surface area contributed by atoms with Gasteiger partial charge in [0.05, 0.1) is 32.3 Å². The average Bonchev–Trinajstić information content (AvgIpc) is 2.99. The molecule has 22 N–H and O–H groups in total. The van der Waals surface area contributed by atoms with Gasteiger partial charge in [0.1, 0.15) is 24.2 Å². The van der Waals surface area contributed by atoms with E-state index in [1.807, 2.05) is 0 Å². The van der Waals surface area contributed by atoms with Crippen molar-refractivity contribution in [1.29, 1.82) is 0 Å². The van der Waals surface area contributed by atoms with Crippen molar-refractivity contribution in [3.05, 3.63) is 0 Å². The first-order chi connectivity index (χ1) is 22.8. The predicted octanol–water partition coefficient (Wildman–Crippen LogP) is -9.22. The molecule has 282 valence electrons. The zero-order valence-corrected chi connectivity index (χ0v) is 28.9. The van der Waals surface area contributed by atoms with Crippen LogP contribution in [0, 0.1) is 5.92 Å². The molecule has 22 nitrogen and oxygen atoms in total. The Morgan fingerprint density at radius 3 is 1.63 bits per heavy atom. The smallest absolute Gasteiger partial charge is 0.469 e. The third-order valence-corrected chi connectivity index (χ3v) is 7.37. The molecular weight excluding hydrogens is 671 g/mol. The molecule has 0 aliphatic heterocycles. The van der Waals surface area contributed by atoms with E-state index in [0.29, 0.717) is 38.8 Å². The summed E-state index contributed by atoms with van der Waals surface area (Å²) in [5, 5.41) is 19.1. The molecule has 0 aromatic heterocycles. The number of carboxylic acids is 1. The number of phosphoric acid groups is 1. The van der Waals surface area contributed by atoms with E-state index in [0.717, 1.165) is 0 Å². The van der Waals surface area contributed by atoms with Crippen molar-refractivity contribution in [2.75, 3.05) is 26.2 Å². The van der Waals surface area contributed by atoms with Gasteiger partial charge in [-0.25, -0.2) is 9.36 Å². The fourth-order valence-electron chi connectivity index (χ4n) is 4.23. The van der Waals surface area contributed by atoms with Crippen molar-refractivity contribution in [2.24, 2.45) is 34.6 Å². The second kappa shape index (κ2) is 23.3. The minimum absolute atomic E-state index is 0.00815. The molecule has 0 saturated carbocycles. The average molecular weight is 728 g/mol. The van der Waals surface area contributed by atoms with E-state index in [9.17, 15) is 43.4 Å². The maximum Gasteiger partial charge on any atom is 0.469 e. The highest BCUT2D eigenvalue weighted by atomic mass is 31.2. The lowest BCUT2D eigenvalue weighted by Gasteiger charge is -2.27. The van der Waals surface area contributed by atoms with Crippen LogP contribution >= 0.6 is 7.82 Å². The lowest BCUT2D eigenvalue weighted by Crippen LogP contribution is -2.78. The molecule has 0 aliphatic rings. The Kier molecular flexibility index (Phi) is 21.4. The van der Waals surface area contributed by atoms with Crippen LogP contribution in [0.25, 0.3) is 0 Å². The van der Waals surface area contributed by atoms with Crippen LogP contribution in [0.1, 0.15) is 58.8 Å². The van der Waals surface area contributed by atoms with Gasteiger partial charge in [-0.15, -0.1) is 0 Å².